The van der Waals surface area contributed by atoms with Gasteiger partial charge in [0.25, 0.3) is 6.01 Å². The predicted octanol–water partition coefficient (Wildman–Crippen LogP) is 1.83. The fourth-order valence-electron chi connectivity index (χ4n) is 1.29. The number of thiophene rings is 1. The van der Waals surface area contributed by atoms with Crippen molar-refractivity contribution in [3.63, 3.8) is 0 Å². The standard InChI is InChI=1S/C10H13N3OS/c1-13(5-8-2-3-15-7-8)10-12-9(4-11)6-14-10/h2-3,6-7H,4-5,11H2,1H3. The maximum atomic E-state index is 5.46. The van der Waals surface area contributed by atoms with Crippen molar-refractivity contribution in [1.29, 1.82) is 0 Å². The van der Waals surface area contributed by atoms with Crippen molar-refractivity contribution in [3.8, 4) is 0 Å². The SMILES string of the molecule is CN(Cc1ccsc1)c1nc(CN)co1. The number of nitrogens with two attached hydrogens (primary N) is 1. The first-order chi connectivity index (χ1) is 7.29. The third-order valence-corrected chi connectivity index (χ3v) is 2.81. The second-order valence-corrected chi connectivity index (χ2v) is 4.09. The molecule has 2 heterocycles. The summed E-state index contributed by atoms with van der Waals surface area (Å²) < 4.78 is 5.30. The summed E-state index contributed by atoms with van der Waals surface area (Å²) in [6.07, 6.45) is 1.60. The van der Waals surface area contributed by atoms with Crippen LogP contribution in [0.25, 0.3) is 0 Å². The van der Waals surface area contributed by atoms with Crippen molar-refractivity contribution >= 4 is 17.4 Å². The van der Waals surface area contributed by atoms with Crippen LogP contribution in [0.2, 0.25) is 0 Å². The van der Waals surface area contributed by atoms with Crippen LogP contribution >= 0.6 is 11.3 Å². The van der Waals surface area contributed by atoms with E-state index < -0.39 is 0 Å². The highest BCUT2D eigenvalue weighted by Crippen LogP contribution is 2.15. The topological polar surface area (TPSA) is 55.3 Å². The highest BCUT2D eigenvalue weighted by molar-refractivity contribution is 7.07. The Hall–Kier alpha value is -1.33. The first kappa shape index (κ1) is 10.2. The lowest BCUT2D eigenvalue weighted by atomic mass is 10.3. The van der Waals surface area contributed by atoms with Gasteiger partial charge in [0.2, 0.25) is 0 Å². The second kappa shape index (κ2) is 4.46. The van der Waals surface area contributed by atoms with E-state index in [0.717, 1.165) is 12.2 Å². The molecule has 0 aliphatic heterocycles. The van der Waals surface area contributed by atoms with Gasteiger partial charge in [-0.2, -0.15) is 16.3 Å². The molecule has 80 valence electrons. The molecule has 0 fully saturated rings. The molecule has 0 aliphatic carbocycles. The summed E-state index contributed by atoms with van der Waals surface area (Å²) in [5.74, 6) is 0. The molecule has 0 amide bonds. The average Bonchev–Trinajstić information content (AvgIpc) is 2.86. The molecule has 0 unspecified atom stereocenters. The molecule has 0 radical (unpaired) electrons. The van der Waals surface area contributed by atoms with E-state index in [-0.39, 0.29) is 0 Å². The molecule has 0 aliphatic rings. The van der Waals surface area contributed by atoms with Crippen molar-refractivity contribution in [2.75, 3.05) is 11.9 Å². The summed E-state index contributed by atoms with van der Waals surface area (Å²) >= 11 is 1.69. The molecular weight excluding hydrogens is 210 g/mol. The normalized spacial score (nSPS) is 10.5. The Bertz CT molecular complexity index is 410. The first-order valence-electron chi connectivity index (χ1n) is 4.66. The third-order valence-electron chi connectivity index (χ3n) is 2.08. The number of nitrogens with zero attached hydrogens (tertiary/aromatic N) is 2. The Morgan fingerprint density at radius 3 is 3.07 bits per heavy atom. The summed E-state index contributed by atoms with van der Waals surface area (Å²) in [6, 6.07) is 2.70. The van der Waals surface area contributed by atoms with E-state index in [1.807, 2.05) is 11.9 Å². The van der Waals surface area contributed by atoms with E-state index in [1.54, 1.807) is 17.6 Å². The summed E-state index contributed by atoms with van der Waals surface area (Å²) in [7, 11) is 1.95. The molecule has 2 aromatic rings. The van der Waals surface area contributed by atoms with Gasteiger partial charge >= 0.3 is 0 Å². The van der Waals surface area contributed by atoms with Crippen LogP contribution < -0.4 is 10.6 Å². The lowest BCUT2D eigenvalue weighted by Gasteiger charge is -2.12. The van der Waals surface area contributed by atoms with Gasteiger partial charge in [-0.3, -0.25) is 0 Å². The Kier molecular flexibility index (Phi) is 3.03. The molecule has 0 saturated carbocycles. The summed E-state index contributed by atoms with van der Waals surface area (Å²) in [5, 5.41) is 4.17. The van der Waals surface area contributed by atoms with Gasteiger partial charge in [-0.05, 0) is 22.4 Å². The summed E-state index contributed by atoms with van der Waals surface area (Å²) in [6.45, 7) is 1.21. The molecule has 2 rings (SSSR count). The first-order valence-corrected chi connectivity index (χ1v) is 5.60. The van der Waals surface area contributed by atoms with Crippen LogP contribution in [0.15, 0.2) is 27.5 Å². The average molecular weight is 223 g/mol. The zero-order valence-electron chi connectivity index (χ0n) is 8.51. The van der Waals surface area contributed by atoms with Crippen LogP contribution in [0.5, 0.6) is 0 Å². The maximum absolute atomic E-state index is 5.46. The zero-order valence-corrected chi connectivity index (χ0v) is 9.33. The van der Waals surface area contributed by atoms with Gasteiger partial charge in [0, 0.05) is 20.1 Å². The molecule has 0 bridgehead atoms. The van der Waals surface area contributed by atoms with Crippen LogP contribution in [0.1, 0.15) is 11.3 Å². The van der Waals surface area contributed by atoms with Crippen molar-refractivity contribution < 1.29 is 4.42 Å². The number of hydrogen-bond acceptors (Lipinski definition) is 5. The monoisotopic (exact) mass is 223 g/mol. The highest BCUT2D eigenvalue weighted by atomic mass is 32.1. The van der Waals surface area contributed by atoms with Crippen molar-refractivity contribution in [2.45, 2.75) is 13.1 Å². The van der Waals surface area contributed by atoms with Gasteiger partial charge in [0.1, 0.15) is 6.26 Å². The lowest BCUT2D eigenvalue weighted by Crippen LogP contribution is -2.16. The number of rotatable bonds is 4. The van der Waals surface area contributed by atoms with Gasteiger partial charge in [-0.15, -0.1) is 0 Å². The second-order valence-electron chi connectivity index (χ2n) is 3.31. The Labute approximate surface area is 92.3 Å². The van der Waals surface area contributed by atoms with E-state index in [2.05, 4.69) is 21.8 Å². The van der Waals surface area contributed by atoms with Crippen molar-refractivity contribution in [3.05, 3.63) is 34.3 Å². The molecule has 2 aromatic heterocycles. The Balaban J connectivity index is 2.04. The molecule has 0 spiro atoms. The van der Waals surface area contributed by atoms with E-state index in [1.165, 1.54) is 5.56 Å². The molecule has 0 atom stereocenters. The van der Waals surface area contributed by atoms with Crippen molar-refractivity contribution in [2.24, 2.45) is 5.73 Å². The predicted molar refractivity (Wildman–Crippen MR) is 60.8 cm³/mol. The molecule has 4 nitrogen and oxygen atoms in total. The third kappa shape index (κ3) is 2.37. The van der Waals surface area contributed by atoms with E-state index >= 15 is 0 Å². The van der Waals surface area contributed by atoms with Crippen molar-refractivity contribution in [1.82, 2.24) is 4.98 Å². The van der Waals surface area contributed by atoms with Gasteiger partial charge in [-0.1, -0.05) is 0 Å². The minimum atomic E-state index is 0.412. The Morgan fingerprint density at radius 1 is 1.60 bits per heavy atom. The highest BCUT2D eigenvalue weighted by Gasteiger charge is 2.08. The van der Waals surface area contributed by atoms with Gasteiger partial charge in [0.05, 0.1) is 5.69 Å². The molecule has 0 saturated heterocycles. The van der Waals surface area contributed by atoms with Crippen LogP contribution in [-0.2, 0) is 13.1 Å². The molecule has 0 aromatic carbocycles. The van der Waals surface area contributed by atoms with Gasteiger partial charge < -0.3 is 15.1 Å². The van der Waals surface area contributed by atoms with E-state index in [9.17, 15) is 0 Å². The number of aromatic nitrogens is 1. The van der Waals surface area contributed by atoms with Crippen LogP contribution in [-0.4, -0.2) is 12.0 Å². The maximum Gasteiger partial charge on any atom is 0.297 e. The largest absolute Gasteiger partial charge is 0.432 e. The summed E-state index contributed by atoms with van der Waals surface area (Å²) in [5.41, 5.74) is 7.50. The fraction of sp³-hybridized carbons (Fsp3) is 0.300. The van der Waals surface area contributed by atoms with Gasteiger partial charge in [-0.25, -0.2) is 0 Å². The minimum absolute atomic E-state index is 0.412. The number of hydrogen-bond donors (Lipinski definition) is 1. The quantitative estimate of drug-likeness (QED) is 0.859. The van der Waals surface area contributed by atoms with E-state index in [4.69, 9.17) is 10.2 Å². The Morgan fingerprint density at radius 2 is 2.47 bits per heavy atom. The van der Waals surface area contributed by atoms with E-state index in [0.29, 0.717) is 12.6 Å². The smallest absolute Gasteiger partial charge is 0.297 e. The number of anilines is 1. The lowest BCUT2D eigenvalue weighted by molar-refractivity contribution is 0.544. The number of oxazole rings is 1. The molecule has 15 heavy (non-hydrogen) atoms. The molecule has 2 N–H and O–H groups in total. The zero-order chi connectivity index (χ0) is 10.7. The van der Waals surface area contributed by atoms with Gasteiger partial charge in [0.15, 0.2) is 0 Å². The molecular formula is C10H13N3OS. The minimum Gasteiger partial charge on any atom is -0.432 e. The van der Waals surface area contributed by atoms with Crippen LogP contribution in [0, 0.1) is 0 Å². The van der Waals surface area contributed by atoms with Crippen LogP contribution in [0.3, 0.4) is 0 Å². The summed E-state index contributed by atoms with van der Waals surface area (Å²) in [4.78, 5) is 6.21. The molecule has 5 heteroatoms. The van der Waals surface area contributed by atoms with Crippen LogP contribution in [0.4, 0.5) is 6.01 Å². The fourth-order valence-corrected chi connectivity index (χ4v) is 1.95.